The number of rotatable bonds is 3. The third kappa shape index (κ3) is 1.90. The van der Waals surface area contributed by atoms with Gasteiger partial charge in [-0.15, -0.1) is 0 Å². The molecule has 1 aliphatic carbocycles. The molecule has 2 atom stereocenters. The van der Waals surface area contributed by atoms with Crippen molar-refractivity contribution in [3.63, 3.8) is 0 Å². The summed E-state index contributed by atoms with van der Waals surface area (Å²) in [4.78, 5) is 11.9. The smallest absolute Gasteiger partial charge is 0.246 e. The minimum absolute atomic E-state index is 0.151. The van der Waals surface area contributed by atoms with Crippen LogP contribution in [-0.2, 0) is 4.79 Å². The predicted molar refractivity (Wildman–Crippen MR) is 67.8 cm³/mol. The maximum absolute atomic E-state index is 13.8. The molecule has 18 heavy (non-hydrogen) atoms. The Bertz CT molecular complexity index is 511. The highest BCUT2D eigenvalue weighted by atomic mass is 19.1. The van der Waals surface area contributed by atoms with E-state index >= 15 is 0 Å². The van der Waals surface area contributed by atoms with Crippen LogP contribution in [0.3, 0.4) is 0 Å². The van der Waals surface area contributed by atoms with E-state index in [1.807, 2.05) is 13.0 Å². The van der Waals surface area contributed by atoms with Crippen molar-refractivity contribution in [3.05, 3.63) is 29.1 Å². The van der Waals surface area contributed by atoms with Crippen molar-refractivity contribution in [2.75, 3.05) is 5.32 Å². The average Bonchev–Trinajstić information content (AvgIpc) is 3.09. The maximum Gasteiger partial charge on any atom is 0.246 e. The van der Waals surface area contributed by atoms with Gasteiger partial charge in [-0.2, -0.15) is 0 Å². The monoisotopic (exact) mass is 248 g/mol. The second-order valence-electron chi connectivity index (χ2n) is 5.43. The number of nitrogens with one attached hydrogen (secondary N) is 2. The highest BCUT2D eigenvalue weighted by Crippen LogP contribution is 2.37. The Labute approximate surface area is 106 Å². The van der Waals surface area contributed by atoms with Gasteiger partial charge in [-0.3, -0.25) is 10.1 Å². The Morgan fingerprint density at radius 1 is 1.44 bits per heavy atom. The second kappa shape index (κ2) is 4.05. The first kappa shape index (κ1) is 11.7. The summed E-state index contributed by atoms with van der Waals surface area (Å²) in [5.41, 5.74) is 1.92. The van der Waals surface area contributed by atoms with Crippen LogP contribution in [0.25, 0.3) is 0 Å². The number of halogens is 1. The van der Waals surface area contributed by atoms with Crippen LogP contribution in [0.1, 0.15) is 36.9 Å². The van der Waals surface area contributed by atoms with Gasteiger partial charge in [-0.25, -0.2) is 4.39 Å². The molecule has 3 rings (SSSR count). The van der Waals surface area contributed by atoms with Crippen molar-refractivity contribution in [2.45, 2.75) is 38.8 Å². The van der Waals surface area contributed by atoms with E-state index in [2.05, 4.69) is 17.6 Å². The van der Waals surface area contributed by atoms with Crippen LogP contribution in [0.2, 0.25) is 0 Å². The lowest BCUT2D eigenvalue weighted by Crippen LogP contribution is -2.35. The molecule has 2 unspecified atom stereocenters. The Morgan fingerprint density at radius 3 is 2.83 bits per heavy atom. The van der Waals surface area contributed by atoms with E-state index in [-0.39, 0.29) is 11.7 Å². The van der Waals surface area contributed by atoms with Crippen LogP contribution in [0.4, 0.5) is 10.1 Å². The number of hydrogen-bond donors (Lipinski definition) is 2. The number of fused-ring (bicyclic) bond motifs is 1. The topological polar surface area (TPSA) is 41.1 Å². The van der Waals surface area contributed by atoms with Crippen LogP contribution >= 0.6 is 0 Å². The molecule has 1 fully saturated rings. The zero-order valence-corrected chi connectivity index (χ0v) is 10.6. The van der Waals surface area contributed by atoms with E-state index in [4.69, 9.17) is 0 Å². The summed E-state index contributed by atoms with van der Waals surface area (Å²) in [6.45, 7) is 3.93. The van der Waals surface area contributed by atoms with Gasteiger partial charge in [0.05, 0.1) is 5.69 Å². The molecule has 1 amide bonds. The summed E-state index contributed by atoms with van der Waals surface area (Å²) in [6, 6.07) is 3.22. The maximum atomic E-state index is 13.8. The van der Waals surface area contributed by atoms with Gasteiger partial charge < -0.3 is 5.32 Å². The summed E-state index contributed by atoms with van der Waals surface area (Å²) in [5.74, 6) is 0.167. The first-order chi connectivity index (χ1) is 8.56. The molecule has 0 bridgehead atoms. The van der Waals surface area contributed by atoms with E-state index in [1.165, 1.54) is 18.9 Å². The van der Waals surface area contributed by atoms with Gasteiger partial charge in [0.15, 0.2) is 0 Å². The molecular formula is C14H17FN2O. The van der Waals surface area contributed by atoms with Crippen LogP contribution < -0.4 is 10.6 Å². The fourth-order valence-corrected chi connectivity index (χ4v) is 2.63. The van der Waals surface area contributed by atoms with Gasteiger partial charge in [0.2, 0.25) is 5.91 Å². The molecule has 0 radical (unpaired) electrons. The zero-order valence-electron chi connectivity index (χ0n) is 10.6. The van der Waals surface area contributed by atoms with Crippen LogP contribution in [0.15, 0.2) is 12.1 Å². The molecule has 96 valence electrons. The number of amides is 1. The standard InChI is InChI=1S/C14H17FN2O/c1-7-5-10-12(11(15)6-7)17-14(18)13(10)16-8(2)9-3-4-9/h5-6,8-9,13,16H,3-4H2,1-2H3,(H,17,18). The van der Waals surface area contributed by atoms with Gasteiger partial charge in [0, 0.05) is 11.6 Å². The van der Waals surface area contributed by atoms with Crippen molar-refractivity contribution in [3.8, 4) is 0 Å². The number of anilines is 1. The van der Waals surface area contributed by atoms with Crippen LogP contribution in [0, 0.1) is 18.7 Å². The molecule has 1 aromatic carbocycles. The predicted octanol–water partition coefficient (Wildman–Crippen LogP) is 2.52. The molecule has 2 aliphatic rings. The molecule has 1 aromatic rings. The molecular weight excluding hydrogens is 231 g/mol. The first-order valence-corrected chi connectivity index (χ1v) is 6.43. The van der Waals surface area contributed by atoms with Crippen LogP contribution in [-0.4, -0.2) is 11.9 Å². The first-order valence-electron chi connectivity index (χ1n) is 6.43. The van der Waals surface area contributed by atoms with Gasteiger partial charge in [0.1, 0.15) is 11.9 Å². The summed E-state index contributed by atoms with van der Waals surface area (Å²) in [7, 11) is 0. The quantitative estimate of drug-likeness (QED) is 0.863. The third-order valence-corrected chi connectivity index (χ3v) is 3.85. The van der Waals surface area contributed by atoms with E-state index in [0.717, 1.165) is 11.1 Å². The summed E-state index contributed by atoms with van der Waals surface area (Å²) in [5, 5.41) is 5.95. The SMILES string of the molecule is Cc1cc(F)c2c(c1)C(NC(C)C1CC1)C(=O)N2. The van der Waals surface area contributed by atoms with E-state index in [9.17, 15) is 9.18 Å². The Hall–Kier alpha value is -1.42. The van der Waals surface area contributed by atoms with E-state index in [0.29, 0.717) is 17.6 Å². The zero-order chi connectivity index (χ0) is 12.9. The summed E-state index contributed by atoms with van der Waals surface area (Å²) in [6.07, 6.45) is 2.44. The minimum atomic E-state index is -0.412. The van der Waals surface area contributed by atoms with Crippen molar-refractivity contribution in [2.24, 2.45) is 5.92 Å². The Morgan fingerprint density at radius 2 is 2.17 bits per heavy atom. The fourth-order valence-electron chi connectivity index (χ4n) is 2.63. The molecule has 1 saturated carbocycles. The Kier molecular flexibility index (Phi) is 2.63. The fraction of sp³-hybridized carbons (Fsp3) is 0.500. The largest absolute Gasteiger partial charge is 0.322 e. The number of benzene rings is 1. The lowest BCUT2D eigenvalue weighted by Gasteiger charge is -2.18. The van der Waals surface area contributed by atoms with Crippen molar-refractivity contribution < 1.29 is 9.18 Å². The Balaban J connectivity index is 1.90. The van der Waals surface area contributed by atoms with Crippen molar-refractivity contribution in [1.82, 2.24) is 5.32 Å². The number of aryl methyl sites for hydroxylation is 1. The summed E-state index contributed by atoms with van der Waals surface area (Å²) < 4.78 is 13.8. The number of hydrogen-bond acceptors (Lipinski definition) is 2. The molecule has 1 heterocycles. The van der Waals surface area contributed by atoms with Crippen molar-refractivity contribution in [1.29, 1.82) is 0 Å². The molecule has 0 saturated heterocycles. The summed E-state index contributed by atoms with van der Waals surface area (Å²) >= 11 is 0. The molecule has 0 spiro atoms. The molecule has 4 heteroatoms. The molecule has 3 nitrogen and oxygen atoms in total. The van der Waals surface area contributed by atoms with Gasteiger partial charge in [0.25, 0.3) is 0 Å². The normalized spacial score (nSPS) is 23.7. The van der Waals surface area contributed by atoms with Crippen molar-refractivity contribution >= 4 is 11.6 Å². The van der Waals surface area contributed by atoms with Crippen LogP contribution in [0.5, 0.6) is 0 Å². The molecule has 1 aliphatic heterocycles. The number of carbonyl (C=O) groups excluding carboxylic acids is 1. The third-order valence-electron chi connectivity index (χ3n) is 3.85. The molecule has 0 aromatic heterocycles. The second-order valence-corrected chi connectivity index (χ2v) is 5.43. The van der Waals surface area contributed by atoms with Gasteiger partial charge in [-0.05, 0) is 44.2 Å². The van der Waals surface area contributed by atoms with E-state index in [1.54, 1.807) is 0 Å². The van der Waals surface area contributed by atoms with Gasteiger partial charge >= 0.3 is 0 Å². The lowest BCUT2D eigenvalue weighted by molar-refractivity contribution is -0.117. The minimum Gasteiger partial charge on any atom is -0.322 e. The highest BCUT2D eigenvalue weighted by Gasteiger charge is 2.36. The number of carbonyl (C=O) groups is 1. The average molecular weight is 248 g/mol. The molecule has 2 N–H and O–H groups in total. The lowest BCUT2D eigenvalue weighted by atomic mass is 10.0. The highest BCUT2D eigenvalue weighted by molar-refractivity contribution is 6.02. The van der Waals surface area contributed by atoms with Gasteiger partial charge in [-0.1, -0.05) is 6.07 Å². The van der Waals surface area contributed by atoms with E-state index < -0.39 is 6.04 Å².